The van der Waals surface area contributed by atoms with Crippen LogP contribution in [0.4, 0.5) is 17.1 Å². The van der Waals surface area contributed by atoms with Crippen molar-refractivity contribution in [1.82, 2.24) is 4.90 Å². The van der Waals surface area contributed by atoms with Crippen molar-refractivity contribution in [2.75, 3.05) is 55.3 Å². The van der Waals surface area contributed by atoms with Crippen LogP contribution in [0.15, 0.2) is 42.5 Å². The third-order valence-electron chi connectivity index (χ3n) is 4.92. The van der Waals surface area contributed by atoms with Gasteiger partial charge in [0.2, 0.25) is 5.91 Å². The van der Waals surface area contributed by atoms with Gasteiger partial charge in [-0.15, -0.1) is 0 Å². The van der Waals surface area contributed by atoms with Crippen LogP contribution in [-0.4, -0.2) is 50.6 Å². The Kier molecular flexibility index (Phi) is 6.35. The van der Waals surface area contributed by atoms with Crippen LogP contribution in [0, 0.1) is 13.8 Å². The maximum atomic E-state index is 12.2. The molecule has 3 rings (SSSR count). The van der Waals surface area contributed by atoms with E-state index in [0.717, 1.165) is 37.6 Å². The number of hydrogen-bond acceptors (Lipinski definition) is 4. The molecule has 1 aliphatic heterocycles. The van der Waals surface area contributed by atoms with Crippen LogP contribution in [-0.2, 0) is 4.79 Å². The summed E-state index contributed by atoms with van der Waals surface area (Å²) in [5.74, 6) is 0.0271. The number of carbonyl (C=O) groups is 1. The Bertz CT molecular complexity index is 744. The number of piperazine rings is 1. The van der Waals surface area contributed by atoms with E-state index >= 15 is 0 Å². The first-order valence-electron chi connectivity index (χ1n) is 9.65. The minimum absolute atomic E-state index is 0.0271. The largest absolute Gasteiger partial charge is 0.385 e. The first-order chi connectivity index (χ1) is 13.0. The number of nitrogens with one attached hydrogen (secondary N) is 2. The van der Waals surface area contributed by atoms with Crippen LogP contribution in [0.2, 0.25) is 0 Å². The summed E-state index contributed by atoms with van der Waals surface area (Å²) in [6.45, 7) is 9.05. The van der Waals surface area contributed by atoms with Gasteiger partial charge in [0.15, 0.2) is 0 Å². The molecule has 2 aromatic rings. The quantitative estimate of drug-likeness (QED) is 0.822. The fraction of sp³-hybridized carbons (Fsp3) is 0.409. The number of hydrogen-bond donors (Lipinski definition) is 2. The molecule has 0 spiro atoms. The second kappa shape index (κ2) is 8.91. The van der Waals surface area contributed by atoms with Crippen molar-refractivity contribution in [3.8, 4) is 0 Å². The van der Waals surface area contributed by atoms with Crippen LogP contribution in [0.5, 0.6) is 0 Å². The highest BCUT2D eigenvalue weighted by Gasteiger charge is 2.14. The molecule has 0 unspecified atom stereocenters. The summed E-state index contributed by atoms with van der Waals surface area (Å²) in [7, 11) is 2.16. The molecule has 1 fully saturated rings. The number of carbonyl (C=O) groups excluding carboxylic acids is 1. The zero-order chi connectivity index (χ0) is 19.2. The standard InChI is InChI=1S/C22H30N4O/c1-17-14-18(2)16-20(15-17)23-9-8-22(27)24-19-4-6-21(7-5-19)26-12-10-25(3)11-13-26/h4-7,14-16,23H,8-13H2,1-3H3,(H,24,27). The van der Waals surface area contributed by atoms with Crippen molar-refractivity contribution in [3.63, 3.8) is 0 Å². The average Bonchev–Trinajstić information content (AvgIpc) is 2.62. The predicted molar refractivity (Wildman–Crippen MR) is 114 cm³/mol. The molecule has 0 aliphatic carbocycles. The van der Waals surface area contributed by atoms with E-state index in [1.54, 1.807) is 0 Å². The Balaban J connectivity index is 1.45. The van der Waals surface area contributed by atoms with Gasteiger partial charge in [-0.2, -0.15) is 0 Å². The molecule has 1 heterocycles. The van der Waals surface area contributed by atoms with Gasteiger partial charge in [-0.1, -0.05) is 6.07 Å². The SMILES string of the molecule is Cc1cc(C)cc(NCCC(=O)Nc2ccc(N3CCN(C)CC3)cc2)c1. The van der Waals surface area contributed by atoms with Crippen molar-refractivity contribution in [2.24, 2.45) is 0 Å². The molecule has 5 heteroatoms. The number of nitrogens with zero attached hydrogens (tertiary/aromatic N) is 2. The number of amides is 1. The van der Waals surface area contributed by atoms with Crippen molar-refractivity contribution >= 4 is 23.0 Å². The smallest absolute Gasteiger partial charge is 0.226 e. The Hall–Kier alpha value is -2.53. The van der Waals surface area contributed by atoms with Crippen molar-refractivity contribution in [1.29, 1.82) is 0 Å². The van der Waals surface area contributed by atoms with Crippen molar-refractivity contribution in [3.05, 3.63) is 53.6 Å². The minimum atomic E-state index is 0.0271. The van der Waals surface area contributed by atoms with Crippen LogP contribution in [0.1, 0.15) is 17.5 Å². The summed E-state index contributed by atoms with van der Waals surface area (Å²) in [4.78, 5) is 16.9. The fourth-order valence-corrected chi connectivity index (χ4v) is 3.44. The zero-order valence-corrected chi connectivity index (χ0v) is 16.6. The van der Waals surface area contributed by atoms with Gasteiger partial charge in [0.1, 0.15) is 0 Å². The molecular weight excluding hydrogens is 336 g/mol. The Morgan fingerprint density at radius 2 is 1.56 bits per heavy atom. The second-order valence-electron chi connectivity index (χ2n) is 7.44. The van der Waals surface area contributed by atoms with E-state index in [9.17, 15) is 4.79 Å². The number of benzene rings is 2. The molecule has 0 bridgehead atoms. The van der Waals surface area contributed by atoms with Crippen molar-refractivity contribution < 1.29 is 4.79 Å². The van der Waals surface area contributed by atoms with Gasteiger partial charge in [-0.3, -0.25) is 4.79 Å². The second-order valence-corrected chi connectivity index (χ2v) is 7.44. The summed E-state index contributed by atoms with van der Waals surface area (Å²) in [6.07, 6.45) is 0.438. The fourth-order valence-electron chi connectivity index (χ4n) is 3.44. The molecule has 0 atom stereocenters. The number of anilines is 3. The number of aryl methyl sites for hydroxylation is 2. The van der Waals surface area contributed by atoms with E-state index in [4.69, 9.17) is 0 Å². The molecule has 0 saturated carbocycles. The summed E-state index contributed by atoms with van der Waals surface area (Å²) in [5.41, 5.74) is 5.59. The number of rotatable bonds is 6. The molecule has 27 heavy (non-hydrogen) atoms. The number of likely N-dealkylation sites (N-methyl/N-ethyl adjacent to an activating group) is 1. The summed E-state index contributed by atoms with van der Waals surface area (Å²) in [6, 6.07) is 14.5. The lowest BCUT2D eigenvalue weighted by molar-refractivity contribution is -0.115. The van der Waals surface area contributed by atoms with Gasteiger partial charge in [-0.05, 0) is 68.4 Å². The van der Waals surface area contributed by atoms with Crippen LogP contribution in [0.25, 0.3) is 0 Å². The molecule has 1 amide bonds. The lowest BCUT2D eigenvalue weighted by Crippen LogP contribution is -2.44. The highest BCUT2D eigenvalue weighted by molar-refractivity contribution is 5.91. The third-order valence-corrected chi connectivity index (χ3v) is 4.92. The lowest BCUT2D eigenvalue weighted by atomic mass is 10.1. The van der Waals surface area contributed by atoms with Gasteiger partial charge in [0.05, 0.1) is 0 Å². The van der Waals surface area contributed by atoms with E-state index in [1.165, 1.54) is 16.8 Å². The van der Waals surface area contributed by atoms with Gasteiger partial charge >= 0.3 is 0 Å². The molecule has 5 nitrogen and oxygen atoms in total. The minimum Gasteiger partial charge on any atom is -0.385 e. The van der Waals surface area contributed by atoms with Gasteiger partial charge in [0.25, 0.3) is 0 Å². The summed E-state index contributed by atoms with van der Waals surface area (Å²) >= 11 is 0. The van der Waals surface area contributed by atoms with Crippen LogP contribution < -0.4 is 15.5 Å². The van der Waals surface area contributed by atoms with Crippen LogP contribution >= 0.6 is 0 Å². The van der Waals surface area contributed by atoms with E-state index in [0.29, 0.717) is 13.0 Å². The van der Waals surface area contributed by atoms with Crippen LogP contribution in [0.3, 0.4) is 0 Å². The Morgan fingerprint density at radius 3 is 2.19 bits per heavy atom. The van der Waals surface area contributed by atoms with Crippen molar-refractivity contribution in [2.45, 2.75) is 20.3 Å². The molecular formula is C22H30N4O. The van der Waals surface area contributed by atoms with E-state index in [2.05, 4.69) is 71.7 Å². The Labute approximate surface area is 162 Å². The zero-order valence-electron chi connectivity index (χ0n) is 16.6. The lowest BCUT2D eigenvalue weighted by Gasteiger charge is -2.34. The molecule has 2 N–H and O–H groups in total. The van der Waals surface area contributed by atoms with E-state index < -0.39 is 0 Å². The molecule has 144 valence electrons. The normalized spacial score (nSPS) is 14.9. The monoisotopic (exact) mass is 366 g/mol. The average molecular weight is 367 g/mol. The molecule has 1 saturated heterocycles. The maximum Gasteiger partial charge on any atom is 0.226 e. The molecule has 0 radical (unpaired) electrons. The molecule has 0 aromatic heterocycles. The third kappa shape index (κ3) is 5.73. The van der Waals surface area contributed by atoms with E-state index in [-0.39, 0.29) is 5.91 Å². The predicted octanol–water partition coefficient (Wildman–Crippen LogP) is 3.50. The van der Waals surface area contributed by atoms with E-state index in [1.807, 2.05) is 12.1 Å². The Morgan fingerprint density at radius 1 is 0.926 bits per heavy atom. The molecule has 2 aromatic carbocycles. The first-order valence-corrected chi connectivity index (χ1v) is 9.65. The summed E-state index contributed by atoms with van der Waals surface area (Å²) in [5, 5.41) is 6.31. The highest BCUT2D eigenvalue weighted by atomic mass is 16.1. The van der Waals surface area contributed by atoms with Gasteiger partial charge < -0.3 is 20.4 Å². The summed E-state index contributed by atoms with van der Waals surface area (Å²) < 4.78 is 0. The molecule has 1 aliphatic rings. The topological polar surface area (TPSA) is 47.6 Å². The first kappa shape index (κ1) is 19.2. The van der Waals surface area contributed by atoms with Gasteiger partial charge in [0, 0.05) is 56.2 Å². The highest BCUT2D eigenvalue weighted by Crippen LogP contribution is 2.19. The maximum absolute atomic E-state index is 12.2. The van der Waals surface area contributed by atoms with Gasteiger partial charge in [-0.25, -0.2) is 0 Å².